The molecule has 2 aliphatic carbocycles. The number of hydrogen-bond acceptors (Lipinski definition) is 3. The van der Waals surface area contributed by atoms with E-state index >= 15 is 0 Å². The predicted octanol–water partition coefficient (Wildman–Crippen LogP) is 2.88. The van der Waals surface area contributed by atoms with E-state index < -0.39 is 0 Å². The maximum absolute atomic E-state index is 4.83. The Kier molecular flexibility index (Phi) is 3.74. The van der Waals surface area contributed by atoms with Crippen LogP contribution in [-0.4, -0.2) is 24.1 Å². The van der Waals surface area contributed by atoms with Gasteiger partial charge in [0.1, 0.15) is 5.82 Å². The first-order valence-electron chi connectivity index (χ1n) is 7.72. The van der Waals surface area contributed by atoms with Gasteiger partial charge in [-0.1, -0.05) is 13.3 Å². The third-order valence-electron chi connectivity index (χ3n) is 4.06. The second kappa shape index (κ2) is 5.49. The van der Waals surface area contributed by atoms with Crippen molar-refractivity contribution >= 4 is 5.82 Å². The van der Waals surface area contributed by atoms with Crippen molar-refractivity contribution in [1.29, 1.82) is 0 Å². The Hall–Kier alpha value is -1.09. The monoisotopic (exact) mass is 259 g/mol. The minimum atomic E-state index is 0.730. The van der Waals surface area contributed by atoms with Gasteiger partial charge in [0.05, 0.1) is 0 Å². The summed E-state index contributed by atoms with van der Waals surface area (Å²) in [5, 5.41) is 3.61. The summed E-state index contributed by atoms with van der Waals surface area (Å²) in [6.45, 7) is 3.22. The van der Waals surface area contributed by atoms with Gasteiger partial charge in [-0.15, -0.1) is 0 Å². The van der Waals surface area contributed by atoms with Crippen LogP contribution in [-0.2, 0) is 13.0 Å². The molecule has 0 radical (unpaired) electrons. The zero-order chi connectivity index (χ0) is 13.2. The average molecular weight is 259 g/mol. The Bertz CT molecular complexity index is 436. The molecular weight excluding hydrogens is 234 g/mol. The van der Waals surface area contributed by atoms with Crippen LogP contribution in [0, 0.1) is 0 Å². The smallest absolute Gasteiger partial charge is 0.129 e. The topological polar surface area (TPSA) is 28.2 Å². The number of nitrogens with zero attached hydrogens (tertiary/aromatic N) is 2. The number of hydrogen-bond donors (Lipinski definition) is 1. The molecule has 3 nitrogen and oxygen atoms in total. The van der Waals surface area contributed by atoms with E-state index in [1.165, 1.54) is 49.2 Å². The molecule has 3 heteroatoms. The summed E-state index contributed by atoms with van der Waals surface area (Å²) < 4.78 is 0. The number of rotatable bonds is 7. The minimum Gasteiger partial charge on any atom is -0.357 e. The van der Waals surface area contributed by atoms with Crippen LogP contribution >= 0.6 is 0 Å². The average Bonchev–Trinajstić information content (AvgIpc) is 3.29. The molecule has 2 saturated carbocycles. The standard InChI is InChI=1S/C16H25N3/c1-3-4-14-9-12(11-17-13-5-6-13)10-16(18-14)19(2)15-7-8-15/h9-10,13,15,17H,3-8,11H2,1-2H3. The normalized spacial score (nSPS) is 18.6. The van der Waals surface area contributed by atoms with E-state index in [0.29, 0.717) is 0 Å². The van der Waals surface area contributed by atoms with E-state index in [0.717, 1.165) is 25.0 Å². The molecule has 0 atom stereocenters. The second-order valence-electron chi connectivity index (χ2n) is 6.07. The lowest BCUT2D eigenvalue weighted by atomic mass is 10.1. The van der Waals surface area contributed by atoms with E-state index in [1.54, 1.807) is 0 Å². The molecule has 0 aromatic carbocycles. The van der Waals surface area contributed by atoms with Crippen molar-refractivity contribution in [3.63, 3.8) is 0 Å². The summed E-state index contributed by atoms with van der Waals surface area (Å²) >= 11 is 0. The Morgan fingerprint density at radius 3 is 2.68 bits per heavy atom. The molecule has 1 heterocycles. The highest BCUT2D eigenvalue weighted by Crippen LogP contribution is 2.30. The number of pyridine rings is 1. The lowest BCUT2D eigenvalue weighted by Crippen LogP contribution is -2.22. The summed E-state index contributed by atoms with van der Waals surface area (Å²) in [7, 11) is 2.19. The predicted molar refractivity (Wildman–Crippen MR) is 79.5 cm³/mol. The zero-order valence-electron chi connectivity index (χ0n) is 12.2. The van der Waals surface area contributed by atoms with E-state index in [4.69, 9.17) is 4.98 Å². The van der Waals surface area contributed by atoms with Gasteiger partial charge in [0.15, 0.2) is 0 Å². The van der Waals surface area contributed by atoms with Crippen molar-refractivity contribution in [3.8, 4) is 0 Å². The summed E-state index contributed by atoms with van der Waals surface area (Å²) in [6, 6.07) is 6.05. The maximum Gasteiger partial charge on any atom is 0.129 e. The Labute approximate surface area is 116 Å². The lowest BCUT2D eigenvalue weighted by molar-refractivity contribution is 0.684. The summed E-state index contributed by atoms with van der Waals surface area (Å²) in [6.07, 6.45) is 7.60. The third kappa shape index (κ3) is 3.47. The molecule has 0 aliphatic heterocycles. The van der Waals surface area contributed by atoms with Gasteiger partial charge in [-0.3, -0.25) is 0 Å². The molecule has 104 valence electrons. The first kappa shape index (κ1) is 12.9. The number of anilines is 1. The molecule has 1 aromatic heterocycles. The fraction of sp³-hybridized carbons (Fsp3) is 0.688. The Balaban J connectivity index is 1.75. The SMILES string of the molecule is CCCc1cc(CNC2CC2)cc(N(C)C2CC2)n1. The van der Waals surface area contributed by atoms with Gasteiger partial charge >= 0.3 is 0 Å². The molecule has 2 aliphatic rings. The van der Waals surface area contributed by atoms with Crippen LogP contribution in [0.1, 0.15) is 50.3 Å². The summed E-state index contributed by atoms with van der Waals surface area (Å²) in [5.41, 5.74) is 2.65. The zero-order valence-corrected chi connectivity index (χ0v) is 12.2. The molecule has 0 saturated heterocycles. The fourth-order valence-corrected chi connectivity index (χ4v) is 2.50. The Morgan fingerprint density at radius 1 is 1.26 bits per heavy atom. The molecule has 3 rings (SSSR count). The van der Waals surface area contributed by atoms with Crippen LogP contribution in [0.5, 0.6) is 0 Å². The summed E-state index contributed by atoms with van der Waals surface area (Å²) in [4.78, 5) is 7.19. The summed E-state index contributed by atoms with van der Waals surface area (Å²) in [5.74, 6) is 1.17. The van der Waals surface area contributed by atoms with Gasteiger partial charge in [0, 0.05) is 31.4 Å². The van der Waals surface area contributed by atoms with Gasteiger partial charge in [0.25, 0.3) is 0 Å². The molecule has 2 fully saturated rings. The molecule has 19 heavy (non-hydrogen) atoms. The van der Waals surface area contributed by atoms with Crippen molar-refractivity contribution < 1.29 is 0 Å². The van der Waals surface area contributed by atoms with E-state index in [2.05, 4.69) is 36.3 Å². The highest BCUT2D eigenvalue weighted by atomic mass is 15.2. The fourth-order valence-electron chi connectivity index (χ4n) is 2.50. The first-order chi connectivity index (χ1) is 9.26. The van der Waals surface area contributed by atoms with Crippen LogP contribution in [0.2, 0.25) is 0 Å². The highest BCUT2D eigenvalue weighted by molar-refractivity contribution is 5.44. The quantitative estimate of drug-likeness (QED) is 0.816. The highest BCUT2D eigenvalue weighted by Gasteiger charge is 2.27. The van der Waals surface area contributed by atoms with Gasteiger partial charge in [0.2, 0.25) is 0 Å². The van der Waals surface area contributed by atoms with Crippen LogP contribution in [0.25, 0.3) is 0 Å². The molecule has 1 aromatic rings. The largest absolute Gasteiger partial charge is 0.357 e. The molecular formula is C16H25N3. The van der Waals surface area contributed by atoms with Crippen molar-refractivity contribution in [2.24, 2.45) is 0 Å². The molecule has 1 N–H and O–H groups in total. The maximum atomic E-state index is 4.83. The van der Waals surface area contributed by atoms with E-state index in [1.807, 2.05) is 0 Å². The molecule has 0 unspecified atom stereocenters. The van der Waals surface area contributed by atoms with E-state index in [9.17, 15) is 0 Å². The lowest BCUT2D eigenvalue weighted by Gasteiger charge is -2.19. The minimum absolute atomic E-state index is 0.730. The van der Waals surface area contributed by atoms with Gasteiger partial charge in [-0.25, -0.2) is 4.98 Å². The Morgan fingerprint density at radius 2 is 2.05 bits per heavy atom. The van der Waals surface area contributed by atoms with E-state index in [-0.39, 0.29) is 0 Å². The van der Waals surface area contributed by atoms with Crippen molar-refractivity contribution in [1.82, 2.24) is 10.3 Å². The van der Waals surface area contributed by atoms with Crippen LogP contribution in [0.3, 0.4) is 0 Å². The molecule has 0 spiro atoms. The van der Waals surface area contributed by atoms with Crippen LogP contribution < -0.4 is 10.2 Å². The molecule has 0 amide bonds. The van der Waals surface area contributed by atoms with Crippen molar-refractivity contribution in [2.45, 2.75) is 64.1 Å². The second-order valence-corrected chi connectivity index (χ2v) is 6.07. The van der Waals surface area contributed by atoms with Gasteiger partial charge in [-0.05, 0) is 49.8 Å². The van der Waals surface area contributed by atoms with Crippen LogP contribution in [0.4, 0.5) is 5.82 Å². The third-order valence-corrected chi connectivity index (χ3v) is 4.06. The number of nitrogens with one attached hydrogen (secondary N) is 1. The number of aryl methyl sites for hydroxylation is 1. The molecule has 0 bridgehead atoms. The number of aromatic nitrogens is 1. The van der Waals surface area contributed by atoms with Crippen molar-refractivity contribution in [2.75, 3.05) is 11.9 Å². The van der Waals surface area contributed by atoms with Crippen LogP contribution in [0.15, 0.2) is 12.1 Å². The van der Waals surface area contributed by atoms with Gasteiger partial charge < -0.3 is 10.2 Å². The first-order valence-corrected chi connectivity index (χ1v) is 7.72. The van der Waals surface area contributed by atoms with Crippen molar-refractivity contribution in [3.05, 3.63) is 23.4 Å². The van der Waals surface area contributed by atoms with Gasteiger partial charge in [-0.2, -0.15) is 0 Å².